The maximum atomic E-state index is 12.1. The van der Waals surface area contributed by atoms with Gasteiger partial charge in [-0.25, -0.2) is 4.68 Å². The van der Waals surface area contributed by atoms with Crippen molar-refractivity contribution < 1.29 is 14.6 Å². The molecule has 0 spiro atoms. The number of benzene rings is 1. The molecule has 0 fully saturated rings. The number of halogens is 1. The van der Waals surface area contributed by atoms with Crippen molar-refractivity contribution in [2.24, 2.45) is 7.05 Å². The van der Waals surface area contributed by atoms with Gasteiger partial charge in [0.25, 0.3) is 0 Å². The Hall–Kier alpha value is -1.82. The van der Waals surface area contributed by atoms with E-state index in [1.807, 2.05) is 6.07 Å². The van der Waals surface area contributed by atoms with Crippen molar-refractivity contribution in [2.45, 2.75) is 45.4 Å². The first kappa shape index (κ1) is 19.5. The van der Waals surface area contributed by atoms with Gasteiger partial charge >= 0.3 is 5.97 Å². The normalized spacial score (nSPS) is 12.4. The number of nitrogens with zero attached hydrogens (tertiary/aromatic N) is 2. The average Bonchev–Trinajstić information content (AvgIpc) is 2.84. The Bertz CT molecular complexity index is 721. The molecule has 0 aliphatic carbocycles. The Balaban J connectivity index is 2.34. The number of aryl methyl sites for hydroxylation is 1. The maximum absolute atomic E-state index is 12.1. The van der Waals surface area contributed by atoms with Gasteiger partial charge in [0.15, 0.2) is 0 Å². The molecule has 2 aromatic rings. The molecule has 0 aliphatic rings. The summed E-state index contributed by atoms with van der Waals surface area (Å²) in [5, 5.41) is 14.1. The molecule has 1 heterocycles. The smallest absolute Gasteiger partial charge is 0.306 e. The highest BCUT2D eigenvalue weighted by Gasteiger charge is 2.21. The van der Waals surface area contributed by atoms with Crippen molar-refractivity contribution >= 4 is 21.9 Å². The second kappa shape index (κ2) is 8.52. The number of aromatic nitrogens is 2. The number of carbonyl (C=O) groups excluding carboxylic acids is 1. The van der Waals surface area contributed by atoms with Gasteiger partial charge in [0, 0.05) is 17.6 Å². The third kappa shape index (κ3) is 5.33. The van der Waals surface area contributed by atoms with E-state index >= 15 is 0 Å². The Morgan fingerprint density at radius 1 is 1.28 bits per heavy atom. The molecule has 2 rings (SSSR count). The lowest BCUT2D eigenvalue weighted by atomic mass is 9.88. The monoisotopic (exact) mass is 408 g/mol. The van der Waals surface area contributed by atoms with Crippen LogP contribution in [0.5, 0.6) is 5.88 Å². The fourth-order valence-electron chi connectivity index (χ4n) is 2.80. The lowest BCUT2D eigenvalue weighted by Crippen LogP contribution is -2.13. The van der Waals surface area contributed by atoms with Crippen LogP contribution in [0.3, 0.4) is 0 Å². The number of esters is 1. The molecule has 0 radical (unpaired) electrons. The largest absolute Gasteiger partial charge is 0.493 e. The predicted molar refractivity (Wildman–Crippen MR) is 101 cm³/mol. The van der Waals surface area contributed by atoms with Crippen LogP contribution in [0, 0.1) is 0 Å². The molecule has 0 amide bonds. The molecule has 0 aliphatic heterocycles. The van der Waals surface area contributed by atoms with E-state index in [-0.39, 0.29) is 24.2 Å². The van der Waals surface area contributed by atoms with Gasteiger partial charge in [0.1, 0.15) is 0 Å². The zero-order valence-corrected chi connectivity index (χ0v) is 16.7. The standard InChI is InChI=1S/C19H25BrN2O3/c1-5-25-19(24)10-15(9-17-11-18(23)22(4)21-17)14-6-13(12(2)3)7-16(20)8-14/h6-8,11-12,15,23H,5,9-10H2,1-4H3. The van der Waals surface area contributed by atoms with Crippen molar-refractivity contribution in [3.05, 3.63) is 45.6 Å². The van der Waals surface area contributed by atoms with Crippen LogP contribution in [0.2, 0.25) is 0 Å². The van der Waals surface area contributed by atoms with Crippen LogP contribution in [-0.2, 0) is 23.0 Å². The summed E-state index contributed by atoms with van der Waals surface area (Å²) in [5.41, 5.74) is 3.03. The summed E-state index contributed by atoms with van der Waals surface area (Å²) in [6, 6.07) is 7.92. The summed E-state index contributed by atoms with van der Waals surface area (Å²) in [4.78, 5) is 12.1. The minimum absolute atomic E-state index is 0.0663. The zero-order valence-electron chi connectivity index (χ0n) is 15.1. The summed E-state index contributed by atoms with van der Waals surface area (Å²) < 4.78 is 7.56. The molecular formula is C19H25BrN2O3. The van der Waals surface area contributed by atoms with E-state index in [0.717, 1.165) is 15.7 Å². The van der Waals surface area contributed by atoms with Gasteiger partial charge in [-0.05, 0) is 48.4 Å². The molecule has 0 saturated carbocycles. The van der Waals surface area contributed by atoms with Gasteiger partial charge in [0.05, 0.1) is 18.7 Å². The molecule has 136 valence electrons. The molecule has 0 bridgehead atoms. The second-order valence-corrected chi connectivity index (χ2v) is 7.42. The third-order valence-corrected chi connectivity index (χ3v) is 4.62. The molecule has 0 saturated heterocycles. The molecule has 5 nitrogen and oxygen atoms in total. The van der Waals surface area contributed by atoms with Gasteiger partial charge in [-0.1, -0.05) is 35.8 Å². The van der Waals surface area contributed by atoms with E-state index in [1.54, 1.807) is 20.0 Å². The van der Waals surface area contributed by atoms with Crippen LogP contribution >= 0.6 is 15.9 Å². The van der Waals surface area contributed by atoms with Crippen LogP contribution in [-0.4, -0.2) is 27.5 Å². The van der Waals surface area contributed by atoms with E-state index in [1.165, 1.54) is 10.2 Å². The van der Waals surface area contributed by atoms with Crippen LogP contribution < -0.4 is 0 Å². The Kier molecular flexibility index (Phi) is 6.64. The highest BCUT2D eigenvalue weighted by Crippen LogP contribution is 2.31. The van der Waals surface area contributed by atoms with Crippen LogP contribution in [0.25, 0.3) is 0 Å². The molecule has 1 unspecified atom stereocenters. The fourth-order valence-corrected chi connectivity index (χ4v) is 3.33. The van der Waals surface area contributed by atoms with Crippen molar-refractivity contribution in [3.63, 3.8) is 0 Å². The molecule has 6 heteroatoms. The number of ether oxygens (including phenoxy) is 1. The van der Waals surface area contributed by atoms with Crippen molar-refractivity contribution in [3.8, 4) is 5.88 Å². The Morgan fingerprint density at radius 2 is 1.96 bits per heavy atom. The minimum atomic E-state index is -0.223. The maximum Gasteiger partial charge on any atom is 0.306 e. The summed E-state index contributed by atoms with van der Waals surface area (Å²) >= 11 is 3.57. The number of aromatic hydroxyl groups is 1. The second-order valence-electron chi connectivity index (χ2n) is 6.50. The Morgan fingerprint density at radius 3 is 2.52 bits per heavy atom. The predicted octanol–water partition coefficient (Wildman–Crippen LogP) is 4.29. The molecule has 25 heavy (non-hydrogen) atoms. The quantitative estimate of drug-likeness (QED) is 0.693. The highest BCUT2D eigenvalue weighted by atomic mass is 79.9. The molecule has 1 aromatic heterocycles. The lowest BCUT2D eigenvalue weighted by molar-refractivity contribution is -0.143. The SMILES string of the molecule is CCOC(=O)CC(Cc1cc(O)n(C)n1)c1cc(Br)cc(C(C)C)c1. The van der Waals surface area contributed by atoms with Gasteiger partial charge < -0.3 is 9.84 Å². The van der Waals surface area contributed by atoms with Crippen LogP contribution in [0.4, 0.5) is 0 Å². The van der Waals surface area contributed by atoms with Crippen molar-refractivity contribution in [2.75, 3.05) is 6.61 Å². The molecule has 1 N–H and O–H groups in total. The topological polar surface area (TPSA) is 64.3 Å². The van der Waals surface area contributed by atoms with E-state index in [9.17, 15) is 9.90 Å². The zero-order chi connectivity index (χ0) is 18.6. The molecule has 1 aromatic carbocycles. The first-order chi connectivity index (χ1) is 11.8. The van der Waals surface area contributed by atoms with Gasteiger partial charge in [-0.15, -0.1) is 0 Å². The van der Waals surface area contributed by atoms with Crippen molar-refractivity contribution in [1.29, 1.82) is 0 Å². The highest BCUT2D eigenvalue weighted by molar-refractivity contribution is 9.10. The summed E-state index contributed by atoms with van der Waals surface area (Å²) in [6.07, 6.45) is 0.834. The van der Waals surface area contributed by atoms with Crippen molar-refractivity contribution in [1.82, 2.24) is 9.78 Å². The van der Waals surface area contributed by atoms with Crippen LogP contribution in [0.15, 0.2) is 28.7 Å². The molecular weight excluding hydrogens is 384 g/mol. The Labute approximate surface area is 157 Å². The summed E-state index contributed by atoms with van der Waals surface area (Å²) in [6.45, 7) is 6.46. The number of carbonyl (C=O) groups is 1. The van der Waals surface area contributed by atoms with E-state index < -0.39 is 0 Å². The third-order valence-electron chi connectivity index (χ3n) is 4.16. The molecule has 1 atom stereocenters. The minimum Gasteiger partial charge on any atom is -0.493 e. The van der Waals surface area contributed by atoms with E-state index in [2.05, 4.69) is 47.0 Å². The number of hydrogen-bond donors (Lipinski definition) is 1. The summed E-state index contributed by atoms with van der Waals surface area (Å²) in [7, 11) is 1.69. The van der Waals surface area contributed by atoms with Crippen LogP contribution in [0.1, 0.15) is 55.8 Å². The number of rotatable bonds is 7. The summed E-state index contributed by atoms with van der Waals surface area (Å²) in [5.74, 6) is 0.211. The average molecular weight is 409 g/mol. The number of hydrogen-bond acceptors (Lipinski definition) is 4. The van der Waals surface area contributed by atoms with E-state index in [0.29, 0.717) is 18.9 Å². The fraction of sp³-hybridized carbons (Fsp3) is 0.474. The van der Waals surface area contributed by atoms with Gasteiger partial charge in [-0.3, -0.25) is 4.79 Å². The van der Waals surface area contributed by atoms with E-state index in [4.69, 9.17) is 4.74 Å². The lowest BCUT2D eigenvalue weighted by Gasteiger charge is -2.18. The van der Waals surface area contributed by atoms with Gasteiger partial charge in [-0.2, -0.15) is 5.10 Å². The first-order valence-electron chi connectivity index (χ1n) is 8.48. The van der Waals surface area contributed by atoms with Gasteiger partial charge in [0.2, 0.25) is 5.88 Å². The first-order valence-corrected chi connectivity index (χ1v) is 9.27.